The smallest absolute Gasteiger partial charge is 0.254 e. The predicted octanol–water partition coefficient (Wildman–Crippen LogP) is 1.91. The summed E-state index contributed by atoms with van der Waals surface area (Å²) in [5.41, 5.74) is 1.39. The van der Waals surface area contributed by atoms with Crippen LogP contribution in [0.15, 0.2) is 47.5 Å². The highest BCUT2D eigenvalue weighted by atomic mass is 16.2. The van der Waals surface area contributed by atoms with Crippen LogP contribution in [0.4, 0.5) is 0 Å². The molecule has 2 aromatic rings. The van der Waals surface area contributed by atoms with Gasteiger partial charge in [0.25, 0.3) is 11.5 Å². The number of hydrogen-bond acceptors (Lipinski definition) is 4. The molecule has 0 saturated carbocycles. The molecule has 0 unspecified atom stereocenters. The van der Waals surface area contributed by atoms with E-state index >= 15 is 0 Å². The Kier molecular flexibility index (Phi) is 5.83. The summed E-state index contributed by atoms with van der Waals surface area (Å²) in [7, 11) is 3.81. The van der Waals surface area contributed by atoms with Crippen molar-refractivity contribution in [3.05, 3.63) is 64.3 Å². The van der Waals surface area contributed by atoms with Gasteiger partial charge >= 0.3 is 0 Å². The van der Waals surface area contributed by atoms with Crippen LogP contribution in [0, 0.1) is 0 Å². The van der Waals surface area contributed by atoms with E-state index in [1.807, 2.05) is 29.3 Å². The molecule has 1 fully saturated rings. The zero-order valence-electron chi connectivity index (χ0n) is 15.5. The van der Waals surface area contributed by atoms with Crippen molar-refractivity contribution in [2.24, 2.45) is 7.05 Å². The molecule has 3 heterocycles. The monoisotopic (exact) mass is 354 g/mol. The van der Waals surface area contributed by atoms with Gasteiger partial charge < -0.3 is 9.47 Å². The van der Waals surface area contributed by atoms with Gasteiger partial charge in [0.05, 0.1) is 5.69 Å². The summed E-state index contributed by atoms with van der Waals surface area (Å²) in [6, 6.07) is 9.55. The highest BCUT2D eigenvalue weighted by Gasteiger charge is 2.24. The number of aryl methyl sites for hydroxylation is 1. The lowest BCUT2D eigenvalue weighted by molar-refractivity contribution is 0.0757. The minimum atomic E-state index is -0.154. The Morgan fingerprint density at radius 3 is 2.85 bits per heavy atom. The molecule has 26 heavy (non-hydrogen) atoms. The standard InChI is InChI=1S/C20H26N4O2/c1-22-12-8-16(14-19(22)25)20(26)24-11-5-7-18(9-13-24)23(2)15-17-6-3-4-10-21-17/h3-4,6,8,10,12,14,18H,5,7,9,11,13,15H2,1-2H3/t18-/m0/s1. The number of aromatic nitrogens is 2. The minimum absolute atomic E-state index is 0.0456. The molecule has 0 bridgehead atoms. The van der Waals surface area contributed by atoms with Gasteiger partial charge in [-0.3, -0.25) is 19.5 Å². The number of likely N-dealkylation sites (tertiary alicyclic amines) is 1. The van der Waals surface area contributed by atoms with Gasteiger partial charge in [-0.1, -0.05) is 6.07 Å². The summed E-state index contributed by atoms with van der Waals surface area (Å²) in [5, 5.41) is 0. The summed E-state index contributed by atoms with van der Waals surface area (Å²) in [5.74, 6) is -0.0456. The normalized spacial score (nSPS) is 18.0. The fraction of sp³-hybridized carbons (Fsp3) is 0.450. The van der Waals surface area contributed by atoms with Gasteiger partial charge in [0.15, 0.2) is 0 Å². The molecular formula is C20H26N4O2. The highest BCUT2D eigenvalue weighted by molar-refractivity contribution is 5.94. The number of nitrogens with zero attached hydrogens (tertiary/aromatic N) is 4. The topological polar surface area (TPSA) is 58.4 Å². The number of hydrogen-bond donors (Lipinski definition) is 0. The van der Waals surface area contributed by atoms with Crippen LogP contribution >= 0.6 is 0 Å². The maximum absolute atomic E-state index is 12.7. The fourth-order valence-electron chi connectivity index (χ4n) is 3.46. The quantitative estimate of drug-likeness (QED) is 0.842. The van der Waals surface area contributed by atoms with Crippen molar-refractivity contribution in [1.29, 1.82) is 0 Å². The van der Waals surface area contributed by atoms with E-state index in [-0.39, 0.29) is 11.5 Å². The van der Waals surface area contributed by atoms with Crippen molar-refractivity contribution < 1.29 is 4.79 Å². The first-order valence-corrected chi connectivity index (χ1v) is 9.10. The maximum atomic E-state index is 12.7. The Labute approximate surface area is 154 Å². The Bertz CT molecular complexity index is 803. The molecule has 0 aliphatic carbocycles. The van der Waals surface area contributed by atoms with Crippen LogP contribution in [0.25, 0.3) is 0 Å². The first-order chi connectivity index (χ1) is 12.5. The molecule has 0 N–H and O–H groups in total. The van der Waals surface area contributed by atoms with Gasteiger partial charge in [-0.15, -0.1) is 0 Å². The third-order valence-electron chi connectivity index (χ3n) is 5.10. The molecule has 3 rings (SSSR count). The lowest BCUT2D eigenvalue weighted by Gasteiger charge is -2.27. The molecule has 0 radical (unpaired) electrons. The van der Waals surface area contributed by atoms with Crippen molar-refractivity contribution in [1.82, 2.24) is 19.4 Å². The summed E-state index contributed by atoms with van der Waals surface area (Å²) >= 11 is 0. The van der Waals surface area contributed by atoms with Gasteiger partial charge in [0.1, 0.15) is 0 Å². The molecule has 1 amide bonds. The molecule has 6 nitrogen and oxygen atoms in total. The van der Waals surface area contributed by atoms with Crippen LogP contribution in [-0.4, -0.2) is 51.4 Å². The van der Waals surface area contributed by atoms with Gasteiger partial charge in [-0.25, -0.2) is 0 Å². The zero-order chi connectivity index (χ0) is 18.5. The minimum Gasteiger partial charge on any atom is -0.339 e. The summed E-state index contributed by atoms with van der Waals surface area (Å²) in [4.78, 5) is 33.1. The molecule has 2 aromatic heterocycles. The Balaban J connectivity index is 1.61. The second kappa shape index (κ2) is 8.27. The molecule has 138 valence electrons. The average molecular weight is 354 g/mol. The summed E-state index contributed by atoms with van der Waals surface area (Å²) in [6.07, 6.45) is 6.43. The van der Waals surface area contributed by atoms with E-state index in [1.165, 1.54) is 10.6 Å². The van der Waals surface area contributed by atoms with E-state index in [2.05, 4.69) is 16.9 Å². The second-order valence-electron chi connectivity index (χ2n) is 6.98. The Morgan fingerprint density at radius 1 is 1.27 bits per heavy atom. The molecular weight excluding hydrogens is 328 g/mol. The third kappa shape index (κ3) is 4.38. The van der Waals surface area contributed by atoms with Crippen LogP contribution in [0.1, 0.15) is 35.3 Å². The number of amides is 1. The van der Waals surface area contributed by atoms with E-state index in [0.717, 1.165) is 38.0 Å². The summed E-state index contributed by atoms with van der Waals surface area (Å²) < 4.78 is 1.47. The number of carbonyl (C=O) groups is 1. The Hall–Kier alpha value is -2.47. The molecule has 0 aromatic carbocycles. The first-order valence-electron chi connectivity index (χ1n) is 9.10. The first kappa shape index (κ1) is 18.3. The van der Waals surface area contributed by atoms with Crippen LogP contribution in [-0.2, 0) is 13.6 Å². The Morgan fingerprint density at radius 2 is 2.12 bits per heavy atom. The van der Waals surface area contributed by atoms with Crippen LogP contribution in [0.5, 0.6) is 0 Å². The van der Waals surface area contributed by atoms with E-state index in [4.69, 9.17) is 0 Å². The van der Waals surface area contributed by atoms with E-state index in [1.54, 1.807) is 19.3 Å². The molecule has 1 aliphatic heterocycles. The predicted molar refractivity (Wildman–Crippen MR) is 101 cm³/mol. The SMILES string of the molecule is CN(Cc1ccccn1)[C@H]1CCCN(C(=O)c2ccn(C)c(=O)c2)CC1. The van der Waals surface area contributed by atoms with E-state index in [9.17, 15) is 9.59 Å². The van der Waals surface area contributed by atoms with Crippen molar-refractivity contribution in [3.8, 4) is 0 Å². The van der Waals surface area contributed by atoms with E-state index in [0.29, 0.717) is 18.2 Å². The highest BCUT2D eigenvalue weighted by Crippen LogP contribution is 2.18. The van der Waals surface area contributed by atoms with Crippen LogP contribution < -0.4 is 5.56 Å². The van der Waals surface area contributed by atoms with Crippen molar-refractivity contribution in [2.45, 2.75) is 31.8 Å². The largest absolute Gasteiger partial charge is 0.339 e. The van der Waals surface area contributed by atoms with Crippen LogP contribution in [0.2, 0.25) is 0 Å². The molecule has 6 heteroatoms. The molecule has 1 aliphatic rings. The molecule has 1 saturated heterocycles. The molecule has 0 spiro atoms. The van der Waals surface area contributed by atoms with Crippen molar-refractivity contribution >= 4 is 5.91 Å². The van der Waals surface area contributed by atoms with E-state index < -0.39 is 0 Å². The molecule has 1 atom stereocenters. The van der Waals surface area contributed by atoms with Crippen molar-refractivity contribution in [3.63, 3.8) is 0 Å². The zero-order valence-corrected chi connectivity index (χ0v) is 15.5. The van der Waals surface area contributed by atoms with Gasteiger partial charge in [-0.2, -0.15) is 0 Å². The number of pyridine rings is 2. The number of carbonyl (C=O) groups excluding carboxylic acids is 1. The second-order valence-corrected chi connectivity index (χ2v) is 6.98. The van der Waals surface area contributed by atoms with Gasteiger partial charge in [0.2, 0.25) is 0 Å². The summed E-state index contributed by atoms with van der Waals surface area (Å²) in [6.45, 7) is 2.27. The fourth-order valence-corrected chi connectivity index (χ4v) is 3.46. The lowest BCUT2D eigenvalue weighted by Crippen LogP contribution is -2.35. The van der Waals surface area contributed by atoms with Gasteiger partial charge in [0, 0.05) is 56.7 Å². The third-order valence-corrected chi connectivity index (χ3v) is 5.10. The van der Waals surface area contributed by atoms with Gasteiger partial charge in [-0.05, 0) is 44.5 Å². The maximum Gasteiger partial charge on any atom is 0.254 e. The number of rotatable bonds is 4. The lowest BCUT2D eigenvalue weighted by atomic mass is 10.1. The van der Waals surface area contributed by atoms with Crippen LogP contribution in [0.3, 0.4) is 0 Å². The average Bonchev–Trinajstić information content (AvgIpc) is 2.90. The van der Waals surface area contributed by atoms with Crippen molar-refractivity contribution in [2.75, 3.05) is 20.1 Å².